The van der Waals surface area contributed by atoms with Crippen LogP contribution in [0.3, 0.4) is 0 Å². The minimum atomic E-state index is 0.160. The molecule has 2 aromatic carbocycles. The molecule has 106 valence electrons. The van der Waals surface area contributed by atoms with Crippen molar-refractivity contribution in [2.75, 3.05) is 7.05 Å². The number of nitrogens with one attached hydrogen (secondary N) is 1. The molecule has 0 aliphatic rings. The molecule has 0 spiro atoms. The first-order valence-electron chi connectivity index (χ1n) is 6.11. The molecule has 5 heteroatoms. The van der Waals surface area contributed by atoms with Gasteiger partial charge in [0, 0.05) is 17.7 Å². The molecule has 1 N–H and O–H groups in total. The van der Waals surface area contributed by atoms with Gasteiger partial charge in [-0.15, -0.1) is 0 Å². The number of hydrogen-bond acceptors (Lipinski definition) is 2. The highest BCUT2D eigenvalue weighted by molar-refractivity contribution is 6.43. The minimum absolute atomic E-state index is 0.160. The molecular formula is C15H14Cl3NO. The molecule has 1 atom stereocenters. The predicted octanol–water partition coefficient (Wildman–Crippen LogP) is 5.72. The van der Waals surface area contributed by atoms with E-state index >= 15 is 0 Å². The first-order valence-corrected chi connectivity index (χ1v) is 7.25. The molecule has 2 nitrogen and oxygen atoms in total. The lowest BCUT2D eigenvalue weighted by Crippen LogP contribution is -2.13. The van der Waals surface area contributed by atoms with Crippen molar-refractivity contribution in [3.05, 3.63) is 57.0 Å². The maximum atomic E-state index is 6.13. The van der Waals surface area contributed by atoms with Gasteiger partial charge in [0.15, 0.2) is 0 Å². The van der Waals surface area contributed by atoms with E-state index in [9.17, 15) is 0 Å². The summed E-state index contributed by atoms with van der Waals surface area (Å²) in [4.78, 5) is 0. The van der Waals surface area contributed by atoms with E-state index in [0.717, 1.165) is 11.3 Å². The molecule has 0 fully saturated rings. The Balaban J connectivity index is 2.38. The number of benzene rings is 2. The molecule has 0 amide bonds. The molecule has 2 aromatic rings. The topological polar surface area (TPSA) is 21.3 Å². The van der Waals surface area contributed by atoms with E-state index < -0.39 is 0 Å². The van der Waals surface area contributed by atoms with Gasteiger partial charge in [0.25, 0.3) is 0 Å². The van der Waals surface area contributed by atoms with E-state index in [-0.39, 0.29) is 6.04 Å². The molecule has 1 unspecified atom stereocenters. The van der Waals surface area contributed by atoms with Gasteiger partial charge in [-0.1, -0.05) is 53.0 Å². The zero-order chi connectivity index (χ0) is 14.7. The molecular weight excluding hydrogens is 317 g/mol. The average Bonchev–Trinajstić information content (AvgIpc) is 2.44. The number of halogens is 3. The van der Waals surface area contributed by atoms with Crippen LogP contribution in [0.15, 0.2) is 36.4 Å². The molecule has 0 heterocycles. The summed E-state index contributed by atoms with van der Waals surface area (Å²) < 4.78 is 5.88. The van der Waals surface area contributed by atoms with Gasteiger partial charge in [0.1, 0.15) is 11.5 Å². The Morgan fingerprint density at radius 2 is 1.60 bits per heavy atom. The van der Waals surface area contributed by atoms with E-state index in [2.05, 4.69) is 12.2 Å². The van der Waals surface area contributed by atoms with Gasteiger partial charge in [-0.2, -0.15) is 0 Å². The lowest BCUT2D eigenvalue weighted by atomic mass is 10.1. The molecule has 0 saturated heterocycles. The summed E-state index contributed by atoms with van der Waals surface area (Å²) in [5, 5.41) is 4.42. The lowest BCUT2D eigenvalue weighted by molar-refractivity contribution is 0.466. The summed E-state index contributed by atoms with van der Waals surface area (Å²) in [6.07, 6.45) is 0. The maximum absolute atomic E-state index is 6.13. The Hall–Kier alpha value is -0.930. The Labute approximate surface area is 133 Å². The molecule has 0 aliphatic heterocycles. The lowest BCUT2D eigenvalue weighted by Gasteiger charge is -2.17. The van der Waals surface area contributed by atoms with Gasteiger partial charge in [0.2, 0.25) is 0 Å². The third-order valence-electron chi connectivity index (χ3n) is 3.01. The largest absolute Gasteiger partial charge is 0.455 e. The summed E-state index contributed by atoms with van der Waals surface area (Å²) in [5.74, 6) is 1.21. The summed E-state index contributed by atoms with van der Waals surface area (Å²) in [6, 6.07) is 11.1. The smallest absolute Gasteiger partial charge is 0.147 e. The third kappa shape index (κ3) is 3.39. The van der Waals surface area contributed by atoms with Gasteiger partial charge >= 0.3 is 0 Å². The van der Waals surface area contributed by atoms with Gasteiger partial charge in [-0.3, -0.25) is 0 Å². The van der Waals surface area contributed by atoms with Crippen LogP contribution in [0.2, 0.25) is 15.1 Å². The minimum Gasteiger partial charge on any atom is -0.455 e. The van der Waals surface area contributed by atoms with Crippen molar-refractivity contribution in [2.45, 2.75) is 13.0 Å². The van der Waals surface area contributed by atoms with Crippen molar-refractivity contribution in [2.24, 2.45) is 0 Å². The van der Waals surface area contributed by atoms with Crippen molar-refractivity contribution in [3.63, 3.8) is 0 Å². The molecule has 20 heavy (non-hydrogen) atoms. The van der Waals surface area contributed by atoms with Crippen LogP contribution in [-0.4, -0.2) is 7.05 Å². The monoisotopic (exact) mass is 329 g/mol. The quantitative estimate of drug-likeness (QED) is 0.724. The standard InChI is InChI=1S/C15H14Cl3NO/c1-9(19-2)10-5-3-4-6-14(10)20-15-8-12(17)11(16)7-13(15)18/h3-9,19H,1-2H3. The van der Waals surface area contributed by atoms with Crippen molar-refractivity contribution in [1.29, 1.82) is 0 Å². The van der Waals surface area contributed by atoms with E-state index in [4.69, 9.17) is 39.5 Å². The molecule has 0 saturated carbocycles. The van der Waals surface area contributed by atoms with Crippen molar-refractivity contribution >= 4 is 34.8 Å². The maximum Gasteiger partial charge on any atom is 0.147 e. The number of ether oxygens (including phenoxy) is 1. The van der Waals surface area contributed by atoms with Crippen LogP contribution in [0, 0.1) is 0 Å². The highest BCUT2D eigenvalue weighted by Gasteiger charge is 2.13. The van der Waals surface area contributed by atoms with Crippen molar-refractivity contribution < 1.29 is 4.74 Å². The highest BCUT2D eigenvalue weighted by atomic mass is 35.5. The van der Waals surface area contributed by atoms with Crippen LogP contribution in [0.1, 0.15) is 18.5 Å². The fourth-order valence-electron chi connectivity index (χ4n) is 1.79. The summed E-state index contributed by atoms with van der Waals surface area (Å²) in [7, 11) is 1.90. The first kappa shape index (κ1) is 15.5. The van der Waals surface area contributed by atoms with Gasteiger partial charge in [-0.05, 0) is 26.1 Å². The molecule has 2 rings (SSSR count). The zero-order valence-corrected chi connectivity index (χ0v) is 13.4. The average molecular weight is 331 g/mol. The van der Waals surface area contributed by atoms with E-state index in [1.165, 1.54) is 0 Å². The summed E-state index contributed by atoms with van der Waals surface area (Å²) in [5.41, 5.74) is 1.04. The normalized spacial score (nSPS) is 12.2. The van der Waals surface area contributed by atoms with Gasteiger partial charge in [-0.25, -0.2) is 0 Å². The molecule has 0 radical (unpaired) electrons. The number of para-hydroxylation sites is 1. The Morgan fingerprint density at radius 1 is 0.950 bits per heavy atom. The van der Waals surface area contributed by atoms with Crippen LogP contribution < -0.4 is 10.1 Å². The predicted molar refractivity (Wildman–Crippen MR) is 85.5 cm³/mol. The van der Waals surface area contributed by atoms with Crippen LogP contribution in [-0.2, 0) is 0 Å². The number of rotatable bonds is 4. The van der Waals surface area contributed by atoms with Crippen molar-refractivity contribution in [1.82, 2.24) is 5.32 Å². The Morgan fingerprint density at radius 3 is 2.30 bits per heavy atom. The molecule has 0 aliphatic carbocycles. The fourth-order valence-corrected chi connectivity index (χ4v) is 2.36. The number of hydrogen-bond donors (Lipinski definition) is 1. The second-order valence-corrected chi connectivity index (χ2v) is 5.57. The molecule has 0 bridgehead atoms. The zero-order valence-electron chi connectivity index (χ0n) is 11.1. The van der Waals surface area contributed by atoms with Gasteiger partial charge in [0.05, 0.1) is 15.1 Å². The Kier molecular flexibility index (Phi) is 5.17. The fraction of sp³-hybridized carbons (Fsp3) is 0.200. The van der Waals surface area contributed by atoms with E-state index in [0.29, 0.717) is 20.8 Å². The second kappa shape index (κ2) is 6.68. The van der Waals surface area contributed by atoms with Gasteiger partial charge < -0.3 is 10.1 Å². The van der Waals surface area contributed by atoms with Crippen LogP contribution >= 0.6 is 34.8 Å². The summed E-state index contributed by atoms with van der Waals surface area (Å²) >= 11 is 18.0. The second-order valence-electron chi connectivity index (χ2n) is 4.35. The van der Waals surface area contributed by atoms with Crippen LogP contribution in [0.5, 0.6) is 11.5 Å². The van der Waals surface area contributed by atoms with E-state index in [1.807, 2.05) is 31.3 Å². The Bertz CT molecular complexity index is 616. The third-order valence-corrected chi connectivity index (χ3v) is 4.03. The highest BCUT2D eigenvalue weighted by Crippen LogP contribution is 2.38. The molecule has 0 aromatic heterocycles. The van der Waals surface area contributed by atoms with Crippen LogP contribution in [0.25, 0.3) is 0 Å². The van der Waals surface area contributed by atoms with E-state index in [1.54, 1.807) is 12.1 Å². The van der Waals surface area contributed by atoms with Crippen LogP contribution in [0.4, 0.5) is 0 Å². The summed E-state index contributed by atoms with van der Waals surface area (Å²) in [6.45, 7) is 2.05. The van der Waals surface area contributed by atoms with Crippen molar-refractivity contribution in [3.8, 4) is 11.5 Å². The SMILES string of the molecule is CNC(C)c1ccccc1Oc1cc(Cl)c(Cl)cc1Cl. The first-order chi connectivity index (χ1) is 9.52.